The molecule has 3 aromatic rings. The number of aromatic nitrogens is 4. The van der Waals surface area contributed by atoms with Gasteiger partial charge in [0.2, 0.25) is 5.95 Å². The van der Waals surface area contributed by atoms with Gasteiger partial charge in [0.15, 0.2) is 5.75 Å². The van der Waals surface area contributed by atoms with Crippen molar-refractivity contribution in [3.05, 3.63) is 49.1 Å². The molecule has 3 N–H and O–H groups in total. The maximum Gasteiger partial charge on any atom is 0.573 e. The number of likely N-dealkylation sites (tertiary alicyclic amines) is 1. The molecule has 1 fully saturated rings. The predicted octanol–water partition coefficient (Wildman–Crippen LogP) is 3.74. The summed E-state index contributed by atoms with van der Waals surface area (Å²) >= 11 is 0. The summed E-state index contributed by atoms with van der Waals surface area (Å²) in [5, 5.41) is 14.9. The molecule has 3 heterocycles. The van der Waals surface area contributed by atoms with E-state index in [1.165, 1.54) is 47.9 Å². The highest BCUT2D eigenvalue weighted by Crippen LogP contribution is 2.31. The van der Waals surface area contributed by atoms with E-state index in [1.807, 2.05) is 0 Å². The molecule has 4 rings (SSSR count). The molecule has 1 aliphatic rings. The molecule has 1 saturated heterocycles. The highest BCUT2D eigenvalue weighted by Gasteiger charge is 2.32. The smallest absolute Gasteiger partial charge is 0.465 e. The molecule has 1 aromatic carbocycles. The molecule has 33 heavy (non-hydrogen) atoms. The van der Waals surface area contributed by atoms with Crippen molar-refractivity contribution < 1.29 is 27.8 Å². The maximum absolute atomic E-state index is 12.6. The number of amides is 1. The van der Waals surface area contributed by atoms with Crippen molar-refractivity contribution in [3.63, 3.8) is 0 Å². The van der Waals surface area contributed by atoms with Gasteiger partial charge in [0.05, 0.1) is 23.8 Å². The average Bonchev–Trinajstić information content (AvgIpc) is 3.24. The normalized spacial score (nSPS) is 15.8. The molecule has 0 bridgehead atoms. The van der Waals surface area contributed by atoms with Crippen LogP contribution in [0.25, 0.3) is 11.3 Å². The second kappa shape index (κ2) is 9.14. The Balaban J connectivity index is 1.44. The highest BCUT2D eigenvalue weighted by atomic mass is 19.4. The van der Waals surface area contributed by atoms with Crippen LogP contribution < -0.4 is 15.4 Å². The topological polar surface area (TPSA) is 125 Å². The van der Waals surface area contributed by atoms with Crippen LogP contribution in [0.15, 0.2) is 49.1 Å². The van der Waals surface area contributed by atoms with E-state index >= 15 is 0 Å². The van der Waals surface area contributed by atoms with Crippen molar-refractivity contribution in [1.82, 2.24) is 24.8 Å². The molecule has 0 unspecified atom stereocenters. The highest BCUT2D eigenvalue weighted by molar-refractivity contribution is 5.66. The van der Waals surface area contributed by atoms with Crippen molar-refractivity contribution in [2.24, 2.45) is 0 Å². The minimum atomic E-state index is -4.83. The Kier molecular flexibility index (Phi) is 6.11. The molecule has 13 heteroatoms. The Bertz CT molecular complexity index is 1130. The molecule has 1 atom stereocenters. The quantitative estimate of drug-likeness (QED) is 0.503. The lowest BCUT2D eigenvalue weighted by atomic mass is 10.2. The van der Waals surface area contributed by atoms with Gasteiger partial charge in [-0.3, -0.25) is 4.98 Å². The largest absolute Gasteiger partial charge is 0.573 e. The Morgan fingerprint density at radius 3 is 2.61 bits per heavy atom. The summed E-state index contributed by atoms with van der Waals surface area (Å²) in [6.07, 6.45) is 0.822. The van der Waals surface area contributed by atoms with Crippen molar-refractivity contribution in [3.8, 4) is 17.0 Å². The third-order valence-electron chi connectivity index (χ3n) is 4.75. The number of carbonyl (C=O) groups is 1. The van der Waals surface area contributed by atoms with E-state index in [0.29, 0.717) is 36.6 Å². The molecule has 1 amide bonds. The van der Waals surface area contributed by atoms with E-state index < -0.39 is 18.2 Å². The number of ether oxygens (including phenoxy) is 1. The number of carboxylic acid groups (broad SMARTS) is 1. The first-order valence-corrected chi connectivity index (χ1v) is 9.77. The first-order chi connectivity index (χ1) is 15.8. The van der Waals surface area contributed by atoms with Crippen LogP contribution in [0.2, 0.25) is 0 Å². The number of hydrogen-bond donors (Lipinski definition) is 3. The lowest BCUT2D eigenvalue weighted by Crippen LogP contribution is -2.30. The molecule has 10 nitrogen and oxygen atoms in total. The third kappa shape index (κ3) is 5.75. The third-order valence-corrected chi connectivity index (χ3v) is 4.75. The number of nitrogens with zero attached hydrogens (tertiary/aromatic N) is 5. The number of anilines is 3. The molecular weight excluding hydrogens is 443 g/mol. The van der Waals surface area contributed by atoms with Gasteiger partial charge in [0.1, 0.15) is 5.82 Å². The first-order valence-electron chi connectivity index (χ1n) is 9.77. The zero-order valence-corrected chi connectivity index (χ0v) is 17.0. The Morgan fingerprint density at radius 2 is 1.91 bits per heavy atom. The van der Waals surface area contributed by atoms with Gasteiger partial charge in [-0.25, -0.2) is 19.7 Å². The van der Waals surface area contributed by atoms with Crippen LogP contribution in [-0.2, 0) is 0 Å². The second-order valence-corrected chi connectivity index (χ2v) is 7.11. The molecule has 172 valence electrons. The summed E-state index contributed by atoms with van der Waals surface area (Å²) in [5.41, 5.74) is 1.07. The molecule has 0 radical (unpaired) electrons. The number of rotatable bonds is 6. The lowest BCUT2D eigenvalue weighted by molar-refractivity contribution is -0.274. The van der Waals surface area contributed by atoms with Gasteiger partial charge in [-0.15, -0.1) is 13.2 Å². The van der Waals surface area contributed by atoms with Crippen LogP contribution in [0, 0.1) is 0 Å². The number of hydrogen-bond acceptors (Lipinski definition) is 8. The number of para-hydroxylation sites is 2. The van der Waals surface area contributed by atoms with Gasteiger partial charge < -0.3 is 25.4 Å². The average molecular weight is 461 g/mol. The van der Waals surface area contributed by atoms with Crippen molar-refractivity contribution in [1.29, 1.82) is 0 Å². The van der Waals surface area contributed by atoms with Gasteiger partial charge >= 0.3 is 12.5 Å². The van der Waals surface area contributed by atoms with Crippen LogP contribution in [0.4, 0.5) is 35.4 Å². The van der Waals surface area contributed by atoms with E-state index in [0.717, 1.165) is 0 Å². The van der Waals surface area contributed by atoms with Crippen LogP contribution in [0.5, 0.6) is 5.75 Å². The van der Waals surface area contributed by atoms with E-state index in [4.69, 9.17) is 5.11 Å². The van der Waals surface area contributed by atoms with E-state index in [9.17, 15) is 18.0 Å². The van der Waals surface area contributed by atoms with Crippen molar-refractivity contribution in [2.75, 3.05) is 23.7 Å². The van der Waals surface area contributed by atoms with Crippen LogP contribution in [0.1, 0.15) is 6.42 Å². The molecule has 2 aromatic heterocycles. The summed E-state index contributed by atoms with van der Waals surface area (Å²) in [6.45, 7) is 0.795. The van der Waals surface area contributed by atoms with Gasteiger partial charge in [0.25, 0.3) is 0 Å². The molecule has 1 aliphatic heterocycles. The van der Waals surface area contributed by atoms with Crippen molar-refractivity contribution in [2.45, 2.75) is 18.8 Å². The van der Waals surface area contributed by atoms with Crippen LogP contribution >= 0.6 is 0 Å². The minimum absolute atomic E-state index is 0.0560. The number of nitrogens with one attached hydrogen (secondary N) is 2. The fourth-order valence-corrected chi connectivity index (χ4v) is 3.26. The minimum Gasteiger partial charge on any atom is -0.465 e. The standard InChI is InChI=1S/C20H18F3N7O3/c21-20(22,23)33-16-4-2-1-3-14(16)29-18-25-7-12(8-26-18)15-9-24-10-17(28-15)27-13-5-6-30(11-13)19(31)32/h1-4,7-10,13H,5-6,11H2,(H,27,28)(H,31,32)(H,25,26,29)/t13-/m0/s1. The fraction of sp³-hybridized carbons (Fsp3) is 0.250. The number of benzene rings is 1. The van der Waals surface area contributed by atoms with Gasteiger partial charge in [0, 0.05) is 37.1 Å². The monoisotopic (exact) mass is 461 g/mol. The Morgan fingerprint density at radius 1 is 1.15 bits per heavy atom. The van der Waals surface area contributed by atoms with E-state index in [2.05, 4.69) is 35.3 Å². The van der Waals surface area contributed by atoms with E-state index in [-0.39, 0.29) is 17.7 Å². The molecule has 0 spiro atoms. The lowest BCUT2D eigenvalue weighted by Gasteiger charge is -2.15. The van der Waals surface area contributed by atoms with Crippen molar-refractivity contribution >= 4 is 23.5 Å². The summed E-state index contributed by atoms with van der Waals surface area (Å²) < 4.78 is 41.8. The van der Waals surface area contributed by atoms with Crippen LogP contribution in [-0.4, -0.2) is 61.5 Å². The Labute approximate surface area is 185 Å². The zero-order chi connectivity index (χ0) is 23.4. The van der Waals surface area contributed by atoms with Gasteiger partial charge in [-0.05, 0) is 18.6 Å². The Hall–Kier alpha value is -4.16. The van der Waals surface area contributed by atoms with Crippen LogP contribution in [0.3, 0.4) is 0 Å². The fourth-order valence-electron chi connectivity index (χ4n) is 3.26. The molecule has 0 aliphatic carbocycles. The maximum atomic E-state index is 12.6. The summed E-state index contributed by atoms with van der Waals surface area (Å²) in [6, 6.07) is 5.48. The number of alkyl halides is 3. The molecule has 0 saturated carbocycles. The zero-order valence-electron chi connectivity index (χ0n) is 17.0. The van der Waals surface area contributed by atoms with Gasteiger partial charge in [-0.2, -0.15) is 0 Å². The SMILES string of the molecule is O=C(O)N1CC[C@H](Nc2cncc(-c3cnc(Nc4ccccc4OC(F)(F)F)nc3)n2)C1. The molecular formula is C20H18F3N7O3. The van der Waals surface area contributed by atoms with E-state index in [1.54, 1.807) is 6.07 Å². The summed E-state index contributed by atoms with van der Waals surface area (Å²) in [4.78, 5) is 29.2. The predicted molar refractivity (Wildman–Crippen MR) is 111 cm³/mol. The summed E-state index contributed by atoms with van der Waals surface area (Å²) in [5.74, 6) is 0.139. The second-order valence-electron chi connectivity index (χ2n) is 7.11. The first kappa shape index (κ1) is 22.0. The van der Waals surface area contributed by atoms with Gasteiger partial charge in [-0.1, -0.05) is 12.1 Å². The summed E-state index contributed by atoms with van der Waals surface area (Å²) in [7, 11) is 0. The number of halogens is 3.